The molecule has 1 aliphatic rings. The summed E-state index contributed by atoms with van der Waals surface area (Å²) >= 11 is 8.05. The third-order valence-electron chi connectivity index (χ3n) is 4.35. The molecule has 1 amide bonds. The number of thiazole rings is 1. The first-order valence-corrected chi connectivity index (χ1v) is 10.7. The third-order valence-corrected chi connectivity index (χ3v) is 6.14. The molecule has 3 aromatic rings. The highest BCUT2D eigenvalue weighted by atomic mass is 79.9. The van der Waals surface area contributed by atoms with Crippen molar-refractivity contribution in [2.24, 2.45) is 0 Å². The molecule has 8 heteroatoms. The average Bonchev–Trinajstić information content (AvgIpc) is 3.29. The number of nitrogens with zero attached hydrogens (tertiary/aromatic N) is 2. The van der Waals surface area contributed by atoms with Gasteiger partial charge in [-0.2, -0.15) is 0 Å². The summed E-state index contributed by atoms with van der Waals surface area (Å²) in [5.41, 5.74) is 1.20. The summed E-state index contributed by atoms with van der Waals surface area (Å²) in [4.78, 5) is 31.3. The Morgan fingerprint density at radius 3 is 2.46 bits per heavy atom. The minimum Gasteiger partial charge on any atom is -0.507 e. The zero-order chi connectivity index (χ0) is 19.8. The van der Waals surface area contributed by atoms with Gasteiger partial charge in [-0.3, -0.25) is 14.5 Å². The van der Waals surface area contributed by atoms with Crippen molar-refractivity contribution in [1.29, 1.82) is 0 Å². The van der Waals surface area contributed by atoms with E-state index in [1.165, 1.54) is 16.2 Å². The number of aliphatic hydroxyl groups excluding tert-OH is 1. The number of hydrogen-bond acceptors (Lipinski definition) is 5. The SMILES string of the molecule is O=C1C(=O)N(c2nccs2)C(c2cccc(Br)c2)/C1=C(\O)c1ccc(Br)cc1. The van der Waals surface area contributed by atoms with E-state index in [2.05, 4.69) is 36.8 Å². The first-order chi connectivity index (χ1) is 13.5. The minimum atomic E-state index is -0.771. The van der Waals surface area contributed by atoms with Crippen LogP contribution in [0.15, 0.2) is 74.6 Å². The quantitative estimate of drug-likeness (QED) is 0.290. The van der Waals surface area contributed by atoms with Crippen molar-refractivity contribution < 1.29 is 14.7 Å². The van der Waals surface area contributed by atoms with Gasteiger partial charge in [-0.1, -0.05) is 56.1 Å². The van der Waals surface area contributed by atoms with Crippen LogP contribution in [0, 0.1) is 0 Å². The lowest BCUT2D eigenvalue weighted by molar-refractivity contribution is -0.132. The summed E-state index contributed by atoms with van der Waals surface area (Å²) in [6.45, 7) is 0. The first kappa shape index (κ1) is 19.0. The Labute approximate surface area is 181 Å². The van der Waals surface area contributed by atoms with E-state index >= 15 is 0 Å². The van der Waals surface area contributed by atoms with Crippen LogP contribution in [0.25, 0.3) is 5.76 Å². The molecule has 0 bridgehead atoms. The van der Waals surface area contributed by atoms with Crippen molar-refractivity contribution in [1.82, 2.24) is 4.98 Å². The van der Waals surface area contributed by atoms with Gasteiger partial charge in [-0.25, -0.2) is 4.98 Å². The van der Waals surface area contributed by atoms with Crippen molar-refractivity contribution in [3.63, 3.8) is 0 Å². The lowest BCUT2D eigenvalue weighted by atomic mass is 9.95. The standard InChI is InChI=1S/C20H12Br2N2O3S/c21-13-6-4-11(5-7-13)17(25)15-16(12-2-1-3-14(22)10-12)24(19(27)18(15)26)20-23-8-9-28-20/h1-10,16,25H/b17-15+. The monoisotopic (exact) mass is 518 g/mol. The molecule has 1 N–H and O–H groups in total. The van der Waals surface area contributed by atoms with Crippen LogP contribution in [0.2, 0.25) is 0 Å². The van der Waals surface area contributed by atoms with E-state index in [4.69, 9.17) is 0 Å². The Morgan fingerprint density at radius 1 is 1.07 bits per heavy atom. The zero-order valence-corrected chi connectivity index (χ0v) is 18.2. The van der Waals surface area contributed by atoms with Crippen LogP contribution < -0.4 is 4.90 Å². The molecule has 2 heterocycles. The Morgan fingerprint density at radius 2 is 1.82 bits per heavy atom. The summed E-state index contributed by atoms with van der Waals surface area (Å²) in [6, 6.07) is 13.5. The maximum absolute atomic E-state index is 12.9. The number of anilines is 1. The number of aromatic nitrogens is 1. The molecule has 28 heavy (non-hydrogen) atoms. The van der Waals surface area contributed by atoms with Crippen LogP contribution in [0.5, 0.6) is 0 Å². The van der Waals surface area contributed by atoms with Crippen LogP contribution in [0.4, 0.5) is 5.13 Å². The van der Waals surface area contributed by atoms with E-state index in [-0.39, 0.29) is 11.3 Å². The molecule has 140 valence electrons. The fourth-order valence-electron chi connectivity index (χ4n) is 3.12. The van der Waals surface area contributed by atoms with Gasteiger partial charge < -0.3 is 5.11 Å². The summed E-state index contributed by atoms with van der Waals surface area (Å²) in [5, 5.41) is 13.1. The van der Waals surface area contributed by atoms with Gasteiger partial charge in [-0.05, 0) is 29.8 Å². The van der Waals surface area contributed by atoms with Crippen LogP contribution in [-0.4, -0.2) is 21.8 Å². The number of benzene rings is 2. The number of ketones is 1. The normalized spacial score (nSPS) is 18.6. The lowest BCUT2D eigenvalue weighted by Gasteiger charge is -2.23. The topological polar surface area (TPSA) is 70.5 Å². The Balaban J connectivity index is 1.95. The van der Waals surface area contributed by atoms with Crippen LogP contribution in [0.3, 0.4) is 0 Å². The van der Waals surface area contributed by atoms with Crippen molar-refractivity contribution >= 4 is 65.8 Å². The Bertz CT molecular complexity index is 1090. The highest BCUT2D eigenvalue weighted by molar-refractivity contribution is 9.10. The second kappa shape index (κ2) is 7.62. The van der Waals surface area contributed by atoms with Gasteiger partial charge in [0.15, 0.2) is 5.13 Å². The van der Waals surface area contributed by atoms with Gasteiger partial charge in [-0.15, -0.1) is 11.3 Å². The van der Waals surface area contributed by atoms with Crippen LogP contribution in [0.1, 0.15) is 17.2 Å². The number of rotatable bonds is 3. The van der Waals surface area contributed by atoms with E-state index in [1.807, 2.05) is 24.3 Å². The third kappa shape index (κ3) is 3.32. The van der Waals surface area contributed by atoms with Gasteiger partial charge in [0, 0.05) is 26.1 Å². The predicted molar refractivity (Wildman–Crippen MR) is 115 cm³/mol. The molecule has 1 aromatic heterocycles. The molecule has 1 atom stereocenters. The fourth-order valence-corrected chi connectivity index (χ4v) is 4.47. The second-order valence-corrected chi connectivity index (χ2v) is 8.75. The van der Waals surface area contributed by atoms with Crippen LogP contribution >= 0.6 is 43.2 Å². The molecule has 2 aromatic carbocycles. The highest BCUT2D eigenvalue weighted by Crippen LogP contribution is 2.43. The van der Waals surface area contributed by atoms with Crippen molar-refractivity contribution in [2.75, 3.05) is 4.90 Å². The number of Topliss-reactive ketones (excluding diaryl/α,β-unsaturated/α-hetero) is 1. The van der Waals surface area contributed by atoms with Gasteiger partial charge in [0.2, 0.25) is 0 Å². The van der Waals surface area contributed by atoms with E-state index in [9.17, 15) is 14.7 Å². The summed E-state index contributed by atoms with van der Waals surface area (Å²) < 4.78 is 1.65. The van der Waals surface area contributed by atoms with Gasteiger partial charge in [0.05, 0.1) is 11.6 Å². The average molecular weight is 520 g/mol. The molecule has 0 spiro atoms. The molecule has 1 unspecified atom stereocenters. The van der Waals surface area contributed by atoms with Crippen molar-refractivity contribution in [3.8, 4) is 0 Å². The molecule has 1 fully saturated rings. The molecular formula is C20H12Br2N2O3S. The number of amides is 1. The molecule has 5 nitrogen and oxygen atoms in total. The Kier molecular flexibility index (Phi) is 5.18. The van der Waals surface area contributed by atoms with Gasteiger partial charge in [0.1, 0.15) is 5.76 Å². The first-order valence-electron chi connectivity index (χ1n) is 8.19. The summed E-state index contributed by atoms with van der Waals surface area (Å²) in [6.07, 6.45) is 1.58. The van der Waals surface area contributed by atoms with Crippen molar-refractivity contribution in [3.05, 3.63) is 85.8 Å². The molecule has 1 saturated heterocycles. The minimum absolute atomic E-state index is 0.0422. The Hall–Kier alpha value is -2.29. The lowest BCUT2D eigenvalue weighted by Crippen LogP contribution is -2.29. The van der Waals surface area contributed by atoms with Crippen molar-refractivity contribution in [2.45, 2.75) is 6.04 Å². The molecule has 0 radical (unpaired) electrons. The highest BCUT2D eigenvalue weighted by Gasteiger charge is 2.47. The second-order valence-electron chi connectivity index (χ2n) is 6.05. The van der Waals surface area contributed by atoms with E-state index in [0.717, 1.165) is 8.95 Å². The maximum Gasteiger partial charge on any atom is 0.301 e. The smallest absolute Gasteiger partial charge is 0.301 e. The molecule has 0 saturated carbocycles. The van der Waals surface area contributed by atoms with E-state index in [1.54, 1.807) is 35.8 Å². The molecular weight excluding hydrogens is 508 g/mol. The zero-order valence-electron chi connectivity index (χ0n) is 14.2. The predicted octanol–water partition coefficient (Wildman–Crippen LogP) is 5.29. The van der Waals surface area contributed by atoms with Crippen LogP contribution in [-0.2, 0) is 9.59 Å². The number of carbonyl (C=O) groups excluding carboxylic acids is 2. The van der Waals surface area contributed by atoms with Gasteiger partial charge in [0.25, 0.3) is 5.78 Å². The largest absolute Gasteiger partial charge is 0.507 e. The van der Waals surface area contributed by atoms with E-state index < -0.39 is 17.7 Å². The molecule has 4 rings (SSSR count). The number of carbonyl (C=O) groups is 2. The summed E-state index contributed by atoms with van der Waals surface area (Å²) in [5.74, 6) is -1.66. The molecule has 1 aliphatic heterocycles. The maximum atomic E-state index is 12.9. The summed E-state index contributed by atoms with van der Waals surface area (Å²) in [7, 11) is 0. The van der Waals surface area contributed by atoms with Gasteiger partial charge >= 0.3 is 5.91 Å². The molecule has 0 aliphatic carbocycles. The number of hydrogen-bond donors (Lipinski definition) is 1. The fraction of sp³-hybridized carbons (Fsp3) is 0.0500. The number of halogens is 2. The van der Waals surface area contributed by atoms with E-state index in [0.29, 0.717) is 16.3 Å². The number of aliphatic hydroxyl groups is 1.